The van der Waals surface area contributed by atoms with Crippen LogP contribution < -0.4 is 4.90 Å². The standard InChI is InChI=1S/C21H17Br2NO2/c22-14-5-1-4-13(10-14)17-12-20(26)24(16-7-2-6-15(23)11-16)18-8-3-9-19(25)21(17)18/h1-2,4-7,10-11,17H,3,8-9,12H2. The van der Waals surface area contributed by atoms with Gasteiger partial charge in [0, 0.05) is 44.7 Å². The van der Waals surface area contributed by atoms with Crippen LogP contribution in [0.4, 0.5) is 5.69 Å². The number of hydrogen-bond acceptors (Lipinski definition) is 2. The van der Waals surface area contributed by atoms with Crippen molar-refractivity contribution < 1.29 is 9.59 Å². The lowest BCUT2D eigenvalue weighted by atomic mass is 9.77. The van der Waals surface area contributed by atoms with Gasteiger partial charge in [0.2, 0.25) is 5.91 Å². The van der Waals surface area contributed by atoms with Gasteiger partial charge in [-0.05, 0) is 48.7 Å². The van der Waals surface area contributed by atoms with Crippen LogP contribution in [0.15, 0.2) is 68.7 Å². The van der Waals surface area contributed by atoms with Crippen molar-refractivity contribution in [3.8, 4) is 0 Å². The van der Waals surface area contributed by atoms with Gasteiger partial charge in [0.15, 0.2) is 5.78 Å². The zero-order valence-electron chi connectivity index (χ0n) is 14.0. The topological polar surface area (TPSA) is 37.4 Å². The van der Waals surface area contributed by atoms with E-state index >= 15 is 0 Å². The third-order valence-corrected chi connectivity index (χ3v) is 5.98. The minimum absolute atomic E-state index is 0.0431. The molecule has 0 spiro atoms. The fourth-order valence-electron chi connectivity index (χ4n) is 3.92. The minimum atomic E-state index is -0.161. The van der Waals surface area contributed by atoms with E-state index in [1.54, 1.807) is 4.90 Å². The number of allylic oxidation sites excluding steroid dienone is 2. The molecule has 26 heavy (non-hydrogen) atoms. The van der Waals surface area contributed by atoms with Gasteiger partial charge in [-0.25, -0.2) is 0 Å². The Labute approximate surface area is 169 Å². The Bertz CT molecular complexity index is 935. The Morgan fingerprint density at radius 1 is 0.923 bits per heavy atom. The molecule has 1 aliphatic carbocycles. The van der Waals surface area contributed by atoms with Crippen LogP contribution >= 0.6 is 31.9 Å². The zero-order chi connectivity index (χ0) is 18.3. The summed E-state index contributed by atoms with van der Waals surface area (Å²) in [6, 6.07) is 15.6. The van der Waals surface area contributed by atoms with Gasteiger partial charge >= 0.3 is 0 Å². The Hall–Kier alpha value is -1.72. The summed E-state index contributed by atoms with van der Waals surface area (Å²) in [5, 5.41) is 0. The van der Waals surface area contributed by atoms with Crippen LogP contribution in [-0.2, 0) is 9.59 Å². The summed E-state index contributed by atoms with van der Waals surface area (Å²) in [7, 11) is 0. The van der Waals surface area contributed by atoms with Gasteiger partial charge in [-0.3, -0.25) is 14.5 Å². The lowest BCUT2D eigenvalue weighted by molar-refractivity contribution is -0.119. The van der Waals surface area contributed by atoms with E-state index in [9.17, 15) is 9.59 Å². The number of benzene rings is 2. The highest BCUT2D eigenvalue weighted by Gasteiger charge is 2.39. The monoisotopic (exact) mass is 473 g/mol. The van der Waals surface area contributed by atoms with Crippen molar-refractivity contribution in [3.63, 3.8) is 0 Å². The third-order valence-electron chi connectivity index (χ3n) is 4.99. The first-order valence-electron chi connectivity index (χ1n) is 8.65. The summed E-state index contributed by atoms with van der Waals surface area (Å²) in [6.07, 6.45) is 2.42. The van der Waals surface area contributed by atoms with Crippen molar-refractivity contribution in [3.05, 3.63) is 74.3 Å². The lowest BCUT2D eigenvalue weighted by Gasteiger charge is -2.38. The largest absolute Gasteiger partial charge is 0.294 e. The van der Waals surface area contributed by atoms with Gasteiger partial charge in [-0.1, -0.05) is 50.1 Å². The highest BCUT2D eigenvalue weighted by atomic mass is 79.9. The summed E-state index contributed by atoms with van der Waals surface area (Å²) in [6.45, 7) is 0. The van der Waals surface area contributed by atoms with Crippen molar-refractivity contribution in [2.45, 2.75) is 31.6 Å². The van der Waals surface area contributed by atoms with Gasteiger partial charge in [0.05, 0.1) is 0 Å². The molecule has 2 aromatic carbocycles. The van der Waals surface area contributed by atoms with Crippen molar-refractivity contribution >= 4 is 49.2 Å². The molecule has 3 nitrogen and oxygen atoms in total. The molecule has 0 aromatic heterocycles. The molecule has 0 radical (unpaired) electrons. The molecule has 1 atom stereocenters. The van der Waals surface area contributed by atoms with Gasteiger partial charge < -0.3 is 0 Å². The third kappa shape index (κ3) is 3.19. The highest BCUT2D eigenvalue weighted by molar-refractivity contribution is 9.10. The number of rotatable bonds is 2. The average molecular weight is 475 g/mol. The first-order chi connectivity index (χ1) is 12.5. The molecule has 132 valence electrons. The van der Waals surface area contributed by atoms with E-state index in [2.05, 4.69) is 31.9 Å². The van der Waals surface area contributed by atoms with E-state index < -0.39 is 0 Å². The van der Waals surface area contributed by atoms with Crippen LogP contribution in [0, 0.1) is 0 Å². The first-order valence-corrected chi connectivity index (χ1v) is 10.2. The van der Waals surface area contributed by atoms with E-state index in [0.717, 1.165) is 44.3 Å². The molecule has 1 heterocycles. The van der Waals surface area contributed by atoms with Crippen LogP contribution in [-0.4, -0.2) is 11.7 Å². The van der Waals surface area contributed by atoms with Crippen molar-refractivity contribution in [1.82, 2.24) is 0 Å². The predicted molar refractivity (Wildman–Crippen MR) is 109 cm³/mol. The number of halogens is 2. The maximum absolute atomic E-state index is 13.1. The average Bonchev–Trinajstić information content (AvgIpc) is 2.61. The molecule has 0 saturated carbocycles. The van der Waals surface area contributed by atoms with Crippen LogP contribution in [0.25, 0.3) is 0 Å². The van der Waals surface area contributed by atoms with E-state index in [-0.39, 0.29) is 17.6 Å². The molecule has 0 bridgehead atoms. The molecular weight excluding hydrogens is 458 g/mol. The molecule has 1 amide bonds. The molecule has 4 rings (SSSR count). The van der Waals surface area contributed by atoms with Gasteiger partial charge in [-0.2, -0.15) is 0 Å². The Kier molecular flexibility index (Phi) is 4.84. The molecule has 1 unspecified atom stereocenters. The number of ketones is 1. The fourth-order valence-corrected chi connectivity index (χ4v) is 4.72. The zero-order valence-corrected chi connectivity index (χ0v) is 17.2. The predicted octanol–water partition coefficient (Wildman–Crippen LogP) is 5.74. The van der Waals surface area contributed by atoms with Gasteiger partial charge in [0.1, 0.15) is 0 Å². The first kappa shape index (κ1) is 17.7. The van der Waals surface area contributed by atoms with E-state index in [0.29, 0.717) is 12.8 Å². The van der Waals surface area contributed by atoms with Crippen LogP contribution in [0.5, 0.6) is 0 Å². The summed E-state index contributed by atoms with van der Waals surface area (Å²) in [4.78, 5) is 27.7. The van der Waals surface area contributed by atoms with Crippen molar-refractivity contribution in [2.24, 2.45) is 0 Å². The highest BCUT2D eigenvalue weighted by Crippen LogP contribution is 2.43. The van der Waals surface area contributed by atoms with Crippen LogP contribution in [0.2, 0.25) is 0 Å². The van der Waals surface area contributed by atoms with Gasteiger partial charge in [-0.15, -0.1) is 0 Å². The maximum atomic E-state index is 13.1. The molecule has 1 aliphatic heterocycles. The van der Waals surface area contributed by atoms with Gasteiger partial charge in [0.25, 0.3) is 0 Å². The number of nitrogens with zero attached hydrogens (tertiary/aromatic N) is 1. The number of carbonyl (C=O) groups is 2. The number of carbonyl (C=O) groups excluding carboxylic acids is 2. The van der Waals surface area contributed by atoms with Crippen LogP contribution in [0.1, 0.15) is 37.2 Å². The molecule has 2 aliphatic rings. The molecule has 0 fully saturated rings. The molecule has 2 aromatic rings. The lowest BCUT2D eigenvalue weighted by Crippen LogP contribution is -2.40. The summed E-state index contributed by atoms with van der Waals surface area (Å²) in [5.74, 6) is 0.0523. The minimum Gasteiger partial charge on any atom is -0.294 e. The Morgan fingerprint density at radius 3 is 2.38 bits per heavy atom. The Morgan fingerprint density at radius 2 is 1.65 bits per heavy atom. The number of amides is 1. The smallest absolute Gasteiger partial charge is 0.232 e. The molecule has 5 heteroatoms. The van der Waals surface area contributed by atoms with Crippen molar-refractivity contribution in [2.75, 3.05) is 4.90 Å². The van der Waals surface area contributed by atoms with Crippen LogP contribution in [0.3, 0.4) is 0 Å². The number of anilines is 1. The Balaban J connectivity index is 1.87. The molecule has 0 N–H and O–H groups in total. The summed E-state index contributed by atoms with van der Waals surface area (Å²) >= 11 is 6.98. The second kappa shape index (κ2) is 7.12. The van der Waals surface area contributed by atoms with E-state index in [4.69, 9.17) is 0 Å². The fraction of sp³-hybridized carbons (Fsp3) is 0.238. The van der Waals surface area contributed by atoms with E-state index in [1.807, 2.05) is 48.5 Å². The summed E-state index contributed by atoms with van der Waals surface area (Å²) < 4.78 is 1.88. The molecular formula is C21H17Br2NO2. The quantitative estimate of drug-likeness (QED) is 0.556. The second-order valence-electron chi connectivity index (χ2n) is 6.66. The summed E-state index contributed by atoms with van der Waals surface area (Å²) in [5.41, 5.74) is 3.53. The molecule has 0 saturated heterocycles. The van der Waals surface area contributed by atoms with Crippen molar-refractivity contribution in [1.29, 1.82) is 0 Å². The van der Waals surface area contributed by atoms with E-state index in [1.165, 1.54) is 0 Å². The normalized spacial score (nSPS) is 20.4. The number of Topliss-reactive ketones (excluding diaryl/α,β-unsaturated/α-hetero) is 1. The number of hydrogen-bond donors (Lipinski definition) is 0. The maximum Gasteiger partial charge on any atom is 0.232 e. The SMILES string of the molecule is O=C1CCCC2=C1C(c1cccc(Br)c1)CC(=O)N2c1cccc(Br)c1. The second-order valence-corrected chi connectivity index (χ2v) is 8.49.